The summed E-state index contributed by atoms with van der Waals surface area (Å²) in [6.45, 7) is 1.56. The van der Waals surface area contributed by atoms with Crippen LogP contribution >= 0.6 is 0 Å². The summed E-state index contributed by atoms with van der Waals surface area (Å²) in [4.78, 5) is 13.1. The molecule has 0 aromatic heterocycles. The van der Waals surface area contributed by atoms with Crippen molar-refractivity contribution in [2.75, 3.05) is 20.2 Å². The SMILES string of the molecule is COC(=O)N1CCC2CC=CC=C2C1. The number of carbonyl (C=O) groups excluding carboxylic acids is 1. The fraction of sp³-hybridized carbons (Fsp3) is 0.545. The zero-order valence-electron chi connectivity index (χ0n) is 8.40. The number of hydrogen-bond donors (Lipinski definition) is 0. The van der Waals surface area contributed by atoms with Crippen LogP contribution in [0.25, 0.3) is 0 Å². The number of amides is 1. The molecule has 1 saturated heterocycles. The average molecular weight is 193 g/mol. The molecule has 0 aromatic carbocycles. The van der Waals surface area contributed by atoms with Crippen LogP contribution in [0.5, 0.6) is 0 Å². The first-order chi connectivity index (χ1) is 6.81. The van der Waals surface area contributed by atoms with Crippen molar-refractivity contribution in [1.82, 2.24) is 4.90 Å². The van der Waals surface area contributed by atoms with Gasteiger partial charge in [-0.05, 0) is 24.3 Å². The molecular formula is C11H15NO2. The van der Waals surface area contributed by atoms with Crippen LogP contribution in [0.15, 0.2) is 23.8 Å². The number of likely N-dealkylation sites (tertiary alicyclic amines) is 1. The Labute approximate surface area is 84.0 Å². The Morgan fingerprint density at radius 2 is 2.50 bits per heavy atom. The second-order valence-electron chi connectivity index (χ2n) is 3.78. The molecule has 3 nitrogen and oxygen atoms in total. The van der Waals surface area contributed by atoms with E-state index in [1.54, 1.807) is 4.90 Å². The topological polar surface area (TPSA) is 29.5 Å². The third-order valence-corrected chi connectivity index (χ3v) is 2.95. The van der Waals surface area contributed by atoms with Gasteiger partial charge in [0.2, 0.25) is 0 Å². The van der Waals surface area contributed by atoms with Crippen LogP contribution < -0.4 is 0 Å². The maximum atomic E-state index is 11.3. The summed E-state index contributed by atoms with van der Waals surface area (Å²) < 4.78 is 4.71. The van der Waals surface area contributed by atoms with Gasteiger partial charge in [0, 0.05) is 13.1 Å². The molecule has 0 bridgehead atoms. The molecule has 1 amide bonds. The number of methoxy groups -OCH3 is 1. The molecule has 1 unspecified atom stereocenters. The molecule has 0 saturated carbocycles. The fourth-order valence-corrected chi connectivity index (χ4v) is 2.10. The molecule has 1 heterocycles. The highest BCUT2D eigenvalue weighted by Crippen LogP contribution is 2.28. The Morgan fingerprint density at radius 3 is 3.29 bits per heavy atom. The lowest BCUT2D eigenvalue weighted by molar-refractivity contribution is 0.117. The van der Waals surface area contributed by atoms with Crippen LogP contribution in [0, 0.1) is 5.92 Å². The van der Waals surface area contributed by atoms with Crippen LogP contribution in [-0.2, 0) is 4.74 Å². The van der Waals surface area contributed by atoms with E-state index < -0.39 is 0 Å². The van der Waals surface area contributed by atoms with Gasteiger partial charge in [-0.15, -0.1) is 0 Å². The number of hydrogen-bond acceptors (Lipinski definition) is 2. The lowest BCUT2D eigenvalue weighted by atomic mass is 9.85. The van der Waals surface area contributed by atoms with Crippen LogP contribution in [0.2, 0.25) is 0 Å². The molecule has 1 fully saturated rings. The van der Waals surface area contributed by atoms with Gasteiger partial charge >= 0.3 is 6.09 Å². The molecular weight excluding hydrogens is 178 g/mol. The molecule has 1 aliphatic heterocycles. The van der Waals surface area contributed by atoms with Crippen molar-refractivity contribution in [2.24, 2.45) is 5.92 Å². The first-order valence-corrected chi connectivity index (χ1v) is 4.99. The zero-order valence-corrected chi connectivity index (χ0v) is 8.40. The van der Waals surface area contributed by atoms with Crippen LogP contribution in [-0.4, -0.2) is 31.2 Å². The molecule has 76 valence electrons. The zero-order chi connectivity index (χ0) is 9.97. The highest BCUT2D eigenvalue weighted by molar-refractivity contribution is 5.68. The molecule has 3 heteroatoms. The van der Waals surface area contributed by atoms with Crippen LogP contribution in [0.3, 0.4) is 0 Å². The van der Waals surface area contributed by atoms with Gasteiger partial charge in [-0.2, -0.15) is 0 Å². The lowest BCUT2D eigenvalue weighted by Crippen LogP contribution is -2.40. The first kappa shape index (κ1) is 9.31. The molecule has 14 heavy (non-hydrogen) atoms. The van der Waals surface area contributed by atoms with Gasteiger partial charge in [0.1, 0.15) is 0 Å². The van der Waals surface area contributed by atoms with Crippen molar-refractivity contribution in [3.8, 4) is 0 Å². The Bertz CT molecular complexity index is 294. The molecule has 1 aliphatic carbocycles. The summed E-state index contributed by atoms with van der Waals surface area (Å²) in [5.74, 6) is 0.654. The van der Waals surface area contributed by atoms with Gasteiger partial charge < -0.3 is 9.64 Å². The van der Waals surface area contributed by atoms with E-state index >= 15 is 0 Å². The molecule has 0 aromatic rings. The summed E-state index contributed by atoms with van der Waals surface area (Å²) in [5, 5.41) is 0. The predicted molar refractivity (Wildman–Crippen MR) is 53.9 cm³/mol. The summed E-state index contributed by atoms with van der Waals surface area (Å²) in [5.41, 5.74) is 1.36. The first-order valence-electron chi connectivity index (χ1n) is 4.99. The van der Waals surface area contributed by atoms with Crippen molar-refractivity contribution in [3.05, 3.63) is 23.8 Å². The van der Waals surface area contributed by atoms with Gasteiger partial charge in [-0.3, -0.25) is 0 Å². The minimum atomic E-state index is -0.209. The molecule has 0 radical (unpaired) electrons. The van der Waals surface area contributed by atoms with Gasteiger partial charge in [-0.25, -0.2) is 4.79 Å². The normalized spacial score (nSPS) is 25.4. The van der Waals surface area contributed by atoms with Gasteiger partial charge in [0.25, 0.3) is 0 Å². The van der Waals surface area contributed by atoms with E-state index in [4.69, 9.17) is 4.74 Å². The highest BCUT2D eigenvalue weighted by atomic mass is 16.5. The van der Waals surface area contributed by atoms with E-state index in [1.807, 2.05) is 0 Å². The minimum absolute atomic E-state index is 0.209. The van der Waals surface area contributed by atoms with Crippen molar-refractivity contribution in [1.29, 1.82) is 0 Å². The maximum absolute atomic E-state index is 11.3. The Hall–Kier alpha value is -1.25. The summed E-state index contributed by atoms with van der Waals surface area (Å²) >= 11 is 0. The monoisotopic (exact) mass is 193 g/mol. The lowest BCUT2D eigenvalue weighted by Gasteiger charge is -2.34. The van der Waals surface area contributed by atoms with E-state index in [9.17, 15) is 4.79 Å². The van der Waals surface area contributed by atoms with Gasteiger partial charge in [0.15, 0.2) is 0 Å². The summed E-state index contributed by atoms with van der Waals surface area (Å²) in [7, 11) is 1.43. The number of ether oxygens (including phenoxy) is 1. The third-order valence-electron chi connectivity index (χ3n) is 2.95. The number of nitrogens with zero attached hydrogens (tertiary/aromatic N) is 1. The number of fused-ring (bicyclic) bond motifs is 1. The van der Waals surface area contributed by atoms with E-state index in [-0.39, 0.29) is 6.09 Å². The van der Waals surface area contributed by atoms with Crippen molar-refractivity contribution < 1.29 is 9.53 Å². The number of piperidine rings is 1. The van der Waals surface area contributed by atoms with Gasteiger partial charge in [0.05, 0.1) is 7.11 Å². The second-order valence-corrected chi connectivity index (χ2v) is 3.78. The molecule has 2 rings (SSSR count). The quantitative estimate of drug-likeness (QED) is 0.588. The van der Waals surface area contributed by atoms with E-state index in [2.05, 4.69) is 18.2 Å². The standard InChI is InChI=1S/C11H15NO2/c1-14-11(13)12-7-6-9-4-2-3-5-10(9)8-12/h2-3,5,9H,4,6-8H2,1H3. The summed E-state index contributed by atoms with van der Waals surface area (Å²) in [6.07, 6.45) is 8.38. The van der Waals surface area contributed by atoms with Crippen LogP contribution in [0.1, 0.15) is 12.8 Å². The van der Waals surface area contributed by atoms with Gasteiger partial charge in [-0.1, -0.05) is 18.2 Å². The van der Waals surface area contributed by atoms with E-state index in [1.165, 1.54) is 12.7 Å². The summed E-state index contributed by atoms with van der Waals surface area (Å²) in [6, 6.07) is 0. The molecule has 0 N–H and O–H groups in total. The van der Waals surface area contributed by atoms with Crippen molar-refractivity contribution in [3.63, 3.8) is 0 Å². The smallest absolute Gasteiger partial charge is 0.409 e. The largest absolute Gasteiger partial charge is 0.453 e. The average Bonchev–Trinajstić information content (AvgIpc) is 2.27. The number of rotatable bonds is 0. The Morgan fingerprint density at radius 1 is 1.64 bits per heavy atom. The third kappa shape index (κ3) is 1.67. The minimum Gasteiger partial charge on any atom is -0.453 e. The van der Waals surface area contributed by atoms with E-state index in [0.29, 0.717) is 5.92 Å². The molecule has 1 atom stereocenters. The molecule has 0 spiro atoms. The highest BCUT2D eigenvalue weighted by Gasteiger charge is 2.26. The van der Waals surface area contributed by atoms with Crippen molar-refractivity contribution in [2.45, 2.75) is 12.8 Å². The second kappa shape index (κ2) is 3.86. The number of carbonyl (C=O) groups is 1. The fourth-order valence-electron chi connectivity index (χ4n) is 2.10. The molecule has 2 aliphatic rings. The van der Waals surface area contributed by atoms with Crippen LogP contribution in [0.4, 0.5) is 4.79 Å². The Kier molecular flexibility index (Phi) is 2.57. The van der Waals surface area contributed by atoms with Crippen molar-refractivity contribution >= 4 is 6.09 Å². The van der Waals surface area contributed by atoms with E-state index in [0.717, 1.165) is 25.9 Å². The Balaban J connectivity index is 2.05. The predicted octanol–water partition coefficient (Wildman–Crippen LogP) is 1.96. The number of allylic oxidation sites excluding steroid dienone is 3. The maximum Gasteiger partial charge on any atom is 0.409 e.